The van der Waals surface area contributed by atoms with Gasteiger partial charge < -0.3 is 29.8 Å². The minimum Gasteiger partial charge on any atom is -0.458 e. The number of nitrogens with zero attached hydrogens (tertiary/aromatic N) is 4. The zero-order valence-electron chi connectivity index (χ0n) is 32.6. The zero-order chi connectivity index (χ0) is 41.4. The van der Waals surface area contributed by atoms with Crippen LogP contribution in [-0.4, -0.2) is 74.0 Å². The lowest BCUT2D eigenvalue weighted by Crippen LogP contribution is -2.44. The van der Waals surface area contributed by atoms with Gasteiger partial charge in [0.25, 0.3) is 17.4 Å². The zero-order valence-corrected chi connectivity index (χ0v) is 32.6. The second kappa shape index (κ2) is 16.0. The first-order chi connectivity index (χ1) is 28.5. The van der Waals surface area contributed by atoms with E-state index in [4.69, 9.17) is 19.4 Å². The molecule has 59 heavy (non-hydrogen) atoms. The molecule has 0 bridgehead atoms. The van der Waals surface area contributed by atoms with Crippen molar-refractivity contribution in [3.63, 3.8) is 0 Å². The lowest BCUT2D eigenvalue weighted by molar-refractivity contribution is -0.172. The van der Waals surface area contributed by atoms with E-state index in [0.717, 1.165) is 49.6 Å². The number of hydrogen-bond donors (Lipinski definition) is 3. The first-order valence-electron chi connectivity index (χ1n) is 19.6. The predicted molar refractivity (Wildman–Crippen MR) is 215 cm³/mol. The number of carbonyl (C=O) groups excluding carboxylic acids is 5. The largest absolute Gasteiger partial charge is 0.458 e. The Hall–Kier alpha value is -6.58. The van der Waals surface area contributed by atoms with Crippen molar-refractivity contribution in [1.29, 1.82) is 0 Å². The van der Waals surface area contributed by atoms with Crippen LogP contribution in [0.3, 0.4) is 0 Å². The Morgan fingerprint density at radius 1 is 0.915 bits per heavy atom. The molecule has 4 amide bonds. The molecule has 0 fully saturated rings. The molecule has 5 aromatic rings. The number of fused-ring (bicyclic) bond motifs is 7. The molecule has 302 valence electrons. The smallest absolute Gasteiger partial charge is 0.343 e. The van der Waals surface area contributed by atoms with Crippen LogP contribution in [0.25, 0.3) is 44.3 Å². The number of unbranched alkanes of at least 4 members (excludes halogenated alkanes) is 2. The average Bonchev–Trinajstić information content (AvgIpc) is 3.78. The fourth-order valence-electron chi connectivity index (χ4n) is 7.97. The first-order valence-corrected chi connectivity index (χ1v) is 19.6. The summed E-state index contributed by atoms with van der Waals surface area (Å²) in [4.78, 5) is 84.8. The highest BCUT2D eigenvalue weighted by Crippen LogP contribution is 2.41. The summed E-state index contributed by atoms with van der Waals surface area (Å²) < 4.78 is 12.5. The van der Waals surface area contributed by atoms with Gasteiger partial charge in [0.05, 0.1) is 47.7 Å². The second-order valence-corrected chi connectivity index (χ2v) is 15.0. The van der Waals surface area contributed by atoms with E-state index in [1.165, 1.54) is 17.1 Å². The fraction of sp³-hybridized carbons (Fsp3) is 0.318. The van der Waals surface area contributed by atoms with Gasteiger partial charge in [-0.1, -0.05) is 37.6 Å². The maximum atomic E-state index is 13.7. The van der Waals surface area contributed by atoms with Crippen molar-refractivity contribution >= 4 is 51.4 Å². The number of ether oxygens (including phenoxy) is 2. The molecule has 6 heterocycles. The van der Waals surface area contributed by atoms with E-state index < -0.39 is 11.6 Å². The number of esters is 1. The van der Waals surface area contributed by atoms with Crippen molar-refractivity contribution in [3.05, 3.63) is 105 Å². The topological polar surface area (TPSA) is 199 Å². The molecule has 0 saturated heterocycles. The van der Waals surface area contributed by atoms with E-state index >= 15 is 0 Å². The van der Waals surface area contributed by atoms with Crippen molar-refractivity contribution in [2.45, 2.75) is 71.3 Å². The summed E-state index contributed by atoms with van der Waals surface area (Å²) in [6, 6.07) is 15.5. The van der Waals surface area contributed by atoms with E-state index in [-0.39, 0.29) is 79.6 Å². The number of cyclic esters (lactones) is 1. The van der Waals surface area contributed by atoms with Crippen LogP contribution in [0, 0.1) is 6.92 Å². The van der Waals surface area contributed by atoms with E-state index in [9.17, 15) is 33.9 Å². The molecule has 3 N–H and O–H groups in total. The molecule has 0 unspecified atom stereocenters. The summed E-state index contributed by atoms with van der Waals surface area (Å²) in [6.07, 6.45) is 6.47. The summed E-state index contributed by atoms with van der Waals surface area (Å²) in [5, 5.41) is 18.3. The molecule has 2 aromatic carbocycles. The minimum absolute atomic E-state index is 0.0326. The van der Waals surface area contributed by atoms with E-state index in [0.29, 0.717) is 43.7 Å². The number of aliphatic hydroxyl groups is 1. The van der Waals surface area contributed by atoms with Crippen LogP contribution in [0.1, 0.15) is 66.8 Å². The standard InChI is InChI=1S/C44H42N6O9/c1-3-44(57)32-18-35-41-30(21-50(35)42(55)31(32)23-59-43(44)56)25(2)40-29-17-28(19-45-33(29)12-13-34(40)48-41)27-10-8-26(9-11-27)22-58-24-47-37(52)20-46-36(51)7-5-4-6-16-49-38(53)14-15-39(49)54/h8-15,17-19,57H,3-7,16,20-24H2,1-2H3,(H,46,51)(H,47,52)/t44-/m0/s1. The van der Waals surface area contributed by atoms with Crippen LogP contribution < -0.4 is 16.2 Å². The number of hydrogen-bond acceptors (Lipinski definition) is 11. The Morgan fingerprint density at radius 2 is 1.68 bits per heavy atom. The lowest BCUT2D eigenvalue weighted by Gasteiger charge is -2.31. The summed E-state index contributed by atoms with van der Waals surface area (Å²) in [6.45, 7) is 4.18. The van der Waals surface area contributed by atoms with Crippen LogP contribution in [0.15, 0.2) is 71.7 Å². The third kappa shape index (κ3) is 7.38. The normalized spacial score (nSPS) is 16.7. The van der Waals surface area contributed by atoms with Crippen molar-refractivity contribution in [2.24, 2.45) is 0 Å². The summed E-state index contributed by atoms with van der Waals surface area (Å²) in [5.41, 5.74) is 5.68. The molecule has 3 aliphatic rings. The molecule has 0 aliphatic carbocycles. The number of aryl methyl sites for hydroxylation is 1. The highest BCUT2D eigenvalue weighted by molar-refractivity contribution is 6.13. The van der Waals surface area contributed by atoms with Gasteiger partial charge >= 0.3 is 5.97 Å². The van der Waals surface area contributed by atoms with Crippen molar-refractivity contribution in [2.75, 3.05) is 19.8 Å². The number of carbonyl (C=O) groups is 5. The quantitative estimate of drug-likeness (QED) is 0.0477. The predicted octanol–water partition coefficient (Wildman–Crippen LogP) is 3.80. The summed E-state index contributed by atoms with van der Waals surface area (Å²) in [5.74, 6) is -2.03. The number of benzene rings is 2. The van der Waals surface area contributed by atoms with E-state index in [1.54, 1.807) is 17.6 Å². The van der Waals surface area contributed by atoms with Crippen molar-refractivity contribution in [1.82, 2.24) is 30.1 Å². The highest BCUT2D eigenvalue weighted by atomic mass is 16.6. The van der Waals surface area contributed by atoms with Crippen LogP contribution in [0.5, 0.6) is 0 Å². The van der Waals surface area contributed by atoms with Crippen molar-refractivity contribution < 1.29 is 38.6 Å². The molecule has 15 heteroatoms. The Balaban J connectivity index is 0.870. The summed E-state index contributed by atoms with van der Waals surface area (Å²) >= 11 is 0. The average molecular weight is 799 g/mol. The summed E-state index contributed by atoms with van der Waals surface area (Å²) in [7, 11) is 0. The van der Waals surface area contributed by atoms with Gasteiger partial charge in [-0.15, -0.1) is 0 Å². The highest BCUT2D eigenvalue weighted by Gasteiger charge is 2.45. The molecule has 15 nitrogen and oxygen atoms in total. The number of pyridine rings is 3. The number of rotatable bonds is 14. The maximum Gasteiger partial charge on any atom is 0.343 e. The lowest BCUT2D eigenvalue weighted by atomic mass is 9.86. The van der Waals surface area contributed by atoms with E-state index in [1.807, 2.05) is 49.5 Å². The molecule has 0 spiro atoms. The fourth-order valence-corrected chi connectivity index (χ4v) is 7.97. The third-order valence-electron chi connectivity index (χ3n) is 11.4. The van der Waals surface area contributed by atoms with Gasteiger partial charge in [0.15, 0.2) is 5.60 Å². The maximum absolute atomic E-state index is 13.7. The Labute approximate surface area is 338 Å². The number of aromatic nitrogens is 3. The number of imide groups is 1. The second-order valence-electron chi connectivity index (χ2n) is 15.0. The van der Waals surface area contributed by atoms with Crippen molar-refractivity contribution in [3.8, 4) is 22.5 Å². The number of amides is 4. The molecular formula is C44H42N6O9. The molecule has 8 rings (SSSR count). The molecule has 0 saturated carbocycles. The molecule has 1 atom stereocenters. The van der Waals surface area contributed by atoms with Crippen LogP contribution in [0.4, 0.5) is 0 Å². The molecule has 3 aliphatic heterocycles. The van der Waals surface area contributed by atoms with Crippen LogP contribution in [-0.2, 0) is 58.8 Å². The monoisotopic (exact) mass is 798 g/mol. The molecule has 3 aromatic heterocycles. The van der Waals surface area contributed by atoms with Gasteiger partial charge in [0.1, 0.15) is 13.3 Å². The van der Waals surface area contributed by atoms with Gasteiger partial charge in [0, 0.05) is 58.8 Å². The molecular weight excluding hydrogens is 757 g/mol. The van der Waals surface area contributed by atoms with Gasteiger partial charge in [-0.05, 0) is 67.1 Å². The van der Waals surface area contributed by atoms with Gasteiger partial charge in [-0.2, -0.15) is 0 Å². The molecule has 0 radical (unpaired) electrons. The minimum atomic E-state index is -1.90. The van der Waals surface area contributed by atoms with Crippen LogP contribution >= 0.6 is 0 Å². The SMILES string of the molecule is CC[C@@]1(O)C(=O)OCc2c1cc1n(c2=O)Cc2c-1nc1ccc3ncc(-c4ccc(COCNC(=O)CNC(=O)CCCCCN5C(=O)C=CC5=O)cc4)cc3c1c2C. The first kappa shape index (κ1) is 39.3. The Morgan fingerprint density at radius 3 is 2.44 bits per heavy atom. The van der Waals surface area contributed by atoms with Gasteiger partial charge in [-0.25, -0.2) is 9.78 Å². The third-order valence-corrected chi connectivity index (χ3v) is 11.4. The van der Waals surface area contributed by atoms with Gasteiger partial charge in [-0.3, -0.25) is 33.9 Å². The number of nitrogens with one attached hydrogen (secondary N) is 2. The Bertz CT molecular complexity index is 2650. The van der Waals surface area contributed by atoms with Crippen LogP contribution in [0.2, 0.25) is 0 Å². The van der Waals surface area contributed by atoms with Gasteiger partial charge in [0.2, 0.25) is 11.8 Å². The Kier molecular flexibility index (Phi) is 10.6. The van der Waals surface area contributed by atoms with E-state index in [2.05, 4.69) is 16.7 Å².